The molecule has 0 bridgehead atoms. The summed E-state index contributed by atoms with van der Waals surface area (Å²) >= 11 is 0. The molecule has 0 atom stereocenters. The average Bonchev–Trinajstić information content (AvgIpc) is 3.10. The molecule has 0 aromatic carbocycles. The van der Waals surface area contributed by atoms with Crippen LogP contribution in [0.2, 0.25) is 0 Å². The van der Waals surface area contributed by atoms with Crippen LogP contribution in [0.5, 0.6) is 0 Å². The first-order valence-corrected chi connectivity index (χ1v) is 6.45. The number of hydrogen-bond acceptors (Lipinski definition) is 3. The Hall–Kier alpha value is -1.12. The molecule has 1 N–H and O–H groups in total. The monoisotopic (exact) mass is 219 g/mol. The molecule has 0 amide bonds. The third-order valence-corrected chi connectivity index (χ3v) is 2.80. The molecule has 0 spiro atoms. The van der Waals surface area contributed by atoms with Crippen LogP contribution in [0.1, 0.15) is 57.0 Å². The molecule has 0 unspecified atom stereocenters. The predicted molar refractivity (Wildman–Crippen MR) is 66.8 cm³/mol. The maximum Gasteiger partial charge on any atom is 0.134 e. The highest BCUT2D eigenvalue weighted by molar-refractivity contribution is 5.37. The highest BCUT2D eigenvalue weighted by Crippen LogP contribution is 2.38. The van der Waals surface area contributed by atoms with Crippen molar-refractivity contribution in [3.63, 3.8) is 0 Å². The summed E-state index contributed by atoms with van der Waals surface area (Å²) in [5.41, 5.74) is 1.19. The number of aromatic nitrogens is 2. The normalized spacial score (nSPS) is 15.1. The van der Waals surface area contributed by atoms with Crippen molar-refractivity contribution in [2.75, 3.05) is 11.9 Å². The first kappa shape index (κ1) is 11.4. The molecule has 1 fully saturated rings. The van der Waals surface area contributed by atoms with E-state index in [1.54, 1.807) is 0 Å². The number of aryl methyl sites for hydroxylation is 1. The van der Waals surface area contributed by atoms with E-state index in [0.717, 1.165) is 37.4 Å². The second-order valence-electron chi connectivity index (χ2n) is 4.55. The fourth-order valence-electron chi connectivity index (χ4n) is 1.77. The summed E-state index contributed by atoms with van der Waals surface area (Å²) in [7, 11) is 0. The lowest BCUT2D eigenvalue weighted by Gasteiger charge is -2.08. The Labute approximate surface area is 97.7 Å². The number of nitrogens with zero attached hydrogens (tertiary/aromatic N) is 2. The third kappa shape index (κ3) is 2.94. The van der Waals surface area contributed by atoms with Gasteiger partial charge in [0.15, 0.2) is 0 Å². The largest absolute Gasteiger partial charge is 0.370 e. The van der Waals surface area contributed by atoms with Crippen molar-refractivity contribution in [1.82, 2.24) is 9.97 Å². The second kappa shape index (κ2) is 5.28. The van der Waals surface area contributed by atoms with Gasteiger partial charge in [-0.1, -0.05) is 20.3 Å². The molecule has 0 aliphatic heterocycles. The van der Waals surface area contributed by atoms with E-state index in [-0.39, 0.29) is 0 Å². The van der Waals surface area contributed by atoms with Gasteiger partial charge in [-0.3, -0.25) is 0 Å². The zero-order chi connectivity index (χ0) is 11.4. The molecule has 1 aromatic rings. The van der Waals surface area contributed by atoms with Gasteiger partial charge in [0.1, 0.15) is 11.6 Å². The fourth-order valence-corrected chi connectivity index (χ4v) is 1.77. The molecule has 1 aromatic heterocycles. The van der Waals surface area contributed by atoms with Crippen molar-refractivity contribution in [2.45, 2.75) is 51.9 Å². The Morgan fingerprint density at radius 1 is 1.25 bits per heavy atom. The Kier molecular flexibility index (Phi) is 3.75. The standard InChI is InChI=1S/C13H21N3/c1-3-5-11-9-12(14-8-4-2)16-13(15-11)10-6-7-10/h9-10H,3-8H2,1-2H3,(H,14,15,16). The maximum atomic E-state index is 4.64. The van der Waals surface area contributed by atoms with E-state index >= 15 is 0 Å². The van der Waals surface area contributed by atoms with Crippen LogP contribution < -0.4 is 5.32 Å². The Morgan fingerprint density at radius 3 is 2.69 bits per heavy atom. The molecule has 2 rings (SSSR count). The Morgan fingerprint density at radius 2 is 2.06 bits per heavy atom. The molecule has 0 radical (unpaired) electrons. The Balaban J connectivity index is 2.14. The summed E-state index contributed by atoms with van der Waals surface area (Å²) in [6.45, 7) is 5.35. The van der Waals surface area contributed by atoms with Gasteiger partial charge in [0.2, 0.25) is 0 Å². The molecule has 1 saturated carbocycles. The zero-order valence-electron chi connectivity index (χ0n) is 10.3. The van der Waals surface area contributed by atoms with Gasteiger partial charge in [-0.15, -0.1) is 0 Å². The molecule has 3 nitrogen and oxygen atoms in total. The second-order valence-corrected chi connectivity index (χ2v) is 4.55. The van der Waals surface area contributed by atoms with E-state index in [1.165, 1.54) is 18.5 Å². The van der Waals surface area contributed by atoms with Gasteiger partial charge in [-0.25, -0.2) is 9.97 Å². The topological polar surface area (TPSA) is 37.8 Å². The smallest absolute Gasteiger partial charge is 0.134 e. The molecular weight excluding hydrogens is 198 g/mol. The first-order chi connectivity index (χ1) is 7.83. The van der Waals surface area contributed by atoms with Crippen LogP contribution in [0.25, 0.3) is 0 Å². The van der Waals surface area contributed by atoms with Crippen molar-refractivity contribution >= 4 is 5.82 Å². The number of hydrogen-bond donors (Lipinski definition) is 1. The van der Waals surface area contributed by atoms with E-state index in [2.05, 4.69) is 35.2 Å². The summed E-state index contributed by atoms with van der Waals surface area (Å²) in [5.74, 6) is 2.71. The lowest BCUT2D eigenvalue weighted by atomic mass is 10.2. The van der Waals surface area contributed by atoms with Gasteiger partial charge in [0, 0.05) is 24.2 Å². The average molecular weight is 219 g/mol. The molecule has 0 saturated heterocycles. The minimum atomic E-state index is 0.638. The van der Waals surface area contributed by atoms with Gasteiger partial charge >= 0.3 is 0 Å². The first-order valence-electron chi connectivity index (χ1n) is 6.45. The van der Waals surface area contributed by atoms with Gasteiger partial charge in [0.25, 0.3) is 0 Å². The van der Waals surface area contributed by atoms with Crippen LogP contribution in [-0.4, -0.2) is 16.5 Å². The molecular formula is C13H21N3. The van der Waals surface area contributed by atoms with Crippen molar-refractivity contribution in [2.24, 2.45) is 0 Å². The van der Waals surface area contributed by atoms with Crippen LogP contribution in [0.3, 0.4) is 0 Å². The van der Waals surface area contributed by atoms with E-state index in [9.17, 15) is 0 Å². The van der Waals surface area contributed by atoms with E-state index in [0.29, 0.717) is 5.92 Å². The highest BCUT2D eigenvalue weighted by atomic mass is 15.0. The van der Waals surface area contributed by atoms with Crippen molar-refractivity contribution in [3.05, 3.63) is 17.6 Å². The number of rotatable bonds is 6. The molecule has 1 aliphatic carbocycles. The number of nitrogens with one attached hydrogen (secondary N) is 1. The quantitative estimate of drug-likeness (QED) is 0.798. The van der Waals surface area contributed by atoms with Crippen LogP contribution in [-0.2, 0) is 6.42 Å². The lowest BCUT2D eigenvalue weighted by molar-refractivity contribution is 0.826. The minimum Gasteiger partial charge on any atom is -0.370 e. The maximum absolute atomic E-state index is 4.64. The third-order valence-electron chi connectivity index (χ3n) is 2.80. The summed E-state index contributed by atoms with van der Waals surface area (Å²) in [5, 5.41) is 3.37. The van der Waals surface area contributed by atoms with Gasteiger partial charge in [0.05, 0.1) is 0 Å². The SMILES string of the molecule is CCCNc1cc(CCC)nc(C2CC2)n1. The van der Waals surface area contributed by atoms with Gasteiger partial charge in [-0.2, -0.15) is 0 Å². The van der Waals surface area contributed by atoms with E-state index in [1.807, 2.05) is 0 Å². The zero-order valence-corrected chi connectivity index (χ0v) is 10.3. The van der Waals surface area contributed by atoms with Gasteiger partial charge in [-0.05, 0) is 25.7 Å². The van der Waals surface area contributed by atoms with Crippen molar-refractivity contribution in [3.8, 4) is 0 Å². The van der Waals surface area contributed by atoms with Crippen LogP contribution in [0.15, 0.2) is 6.07 Å². The lowest BCUT2D eigenvalue weighted by Crippen LogP contribution is -2.06. The molecule has 1 heterocycles. The molecule has 3 heteroatoms. The molecule has 16 heavy (non-hydrogen) atoms. The van der Waals surface area contributed by atoms with Crippen molar-refractivity contribution in [1.29, 1.82) is 0 Å². The van der Waals surface area contributed by atoms with Crippen LogP contribution in [0, 0.1) is 0 Å². The highest BCUT2D eigenvalue weighted by Gasteiger charge is 2.27. The van der Waals surface area contributed by atoms with Crippen LogP contribution >= 0.6 is 0 Å². The summed E-state index contributed by atoms with van der Waals surface area (Å²) in [6, 6.07) is 2.10. The predicted octanol–water partition coefficient (Wildman–Crippen LogP) is 3.13. The summed E-state index contributed by atoms with van der Waals surface area (Å²) in [6.07, 6.45) is 5.87. The van der Waals surface area contributed by atoms with Crippen molar-refractivity contribution < 1.29 is 0 Å². The molecule has 1 aliphatic rings. The van der Waals surface area contributed by atoms with E-state index in [4.69, 9.17) is 0 Å². The summed E-state index contributed by atoms with van der Waals surface area (Å²) < 4.78 is 0. The van der Waals surface area contributed by atoms with Crippen LogP contribution in [0.4, 0.5) is 5.82 Å². The van der Waals surface area contributed by atoms with Gasteiger partial charge < -0.3 is 5.32 Å². The summed E-state index contributed by atoms with van der Waals surface area (Å²) in [4.78, 5) is 9.24. The van der Waals surface area contributed by atoms with E-state index < -0.39 is 0 Å². The Bertz CT molecular complexity index is 345. The minimum absolute atomic E-state index is 0.638. The molecule has 88 valence electrons. The fraction of sp³-hybridized carbons (Fsp3) is 0.692. The number of anilines is 1.